The second kappa shape index (κ2) is 6.91. The summed E-state index contributed by atoms with van der Waals surface area (Å²) in [5.41, 5.74) is 0.990. The van der Waals surface area contributed by atoms with Gasteiger partial charge in [-0.1, -0.05) is 12.1 Å². The van der Waals surface area contributed by atoms with Crippen LogP contribution in [0.1, 0.15) is 11.3 Å². The largest absolute Gasteiger partial charge is 0.435 e. The van der Waals surface area contributed by atoms with E-state index >= 15 is 0 Å². The van der Waals surface area contributed by atoms with Gasteiger partial charge in [0.1, 0.15) is 18.5 Å². The molecule has 0 spiro atoms. The highest BCUT2D eigenvalue weighted by molar-refractivity contribution is 5.63. The van der Waals surface area contributed by atoms with E-state index < -0.39 is 17.7 Å². The molecular formula is C19H13F4N5. The van der Waals surface area contributed by atoms with Crippen LogP contribution >= 0.6 is 0 Å². The van der Waals surface area contributed by atoms with E-state index in [0.29, 0.717) is 17.8 Å². The average Bonchev–Trinajstić information content (AvgIpc) is 3.33. The van der Waals surface area contributed by atoms with Crippen molar-refractivity contribution < 1.29 is 17.6 Å². The topological polar surface area (TPSA) is 48.5 Å². The third kappa shape index (κ3) is 3.64. The van der Waals surface area contributed by atoms with Crippen LogP contribution in [0.25, 0.3) is 16.9 Å². The third-order valence-corrected chi connectivity index (χ3v) is 4.13. The minimum atomic E-state index is -4.59. The lowest BCUT2D eigenvalue weighted by Crippen LogP contribution is -2.07. The molecule has 4 aromatic rings. The van der Waals surface area contributed by atoms with Crippen LogP contribution in [0.3, 0.4) is 0 Å². The van der Waals surface area contributed by atoms with Gasteiger partial charge in [0.05, 0.1) is 17.9 Å². The second-order valence-electron chi connectivity index (χ2n) is 6.09. The zero-order valence-electron chi connectivity index (χ0n) is 14.3. The van der Waals surface area contributed by atoms with Gasteiger partial charge in [-0.3, -0.25) is 0 Å². The smallest absolute Gasteiger partial charge is 0.249 e. The molecule has 0 bridgehead atoms. The Morgan fingerprint density at radius 1 is 0.929 bits per heavy atom. The first-order valence-electron chi connectivity index (χ1n) is 8.25. The molecule has 0 N–H and O–H groups in total. The summed E-state index contributed by atoms with van der Waals surface area (Å²) >= 11 is 0. The highest BCUT2D eigenvalue weighted by Gasteiger charge is 2.35. The molecule has 0 fully saturated rings. The van der Waals surface area contributed by atoms with Crippen molar-refractivity contribution in [1.29, 1.82) is 0 Å². The average molecular weight is 387 g/mol. The maximum absolute atomic E-state index is 13.2. The SMILES string of the molecule is Fc1ccc(-c2cc(C(F)(F)F)nn2-c2ccc(Cn3cncn3)cc2)cc1. The van der Waals surface area contributed by atoms with Crippen molar-refractivity contribution in [2.24, 2.45) is 0 Å². The fourth-order valence-electron chi connectivity index (χ4n) is 2.79. The van der Waals surface area contributed by atoms with Crippen LogP contribution in [0.4, 0.5) is 17.6 Å². The van der Waals surface area contributed by atoms with E-state index in [0.717, 1.165) is 11.6 Å². The molecule has 2 heterocycles. The van der Waals surface area contributed by atoms with Gasteiger partial charge in [-0.2, -0.15) is 23.4 Å². The first kappa shape index (κ1) is 17.9. The molecule has 0 saturated carbocycles. The van der Waals surface area contributed by atoms with Crippen molar-refractivity contribution in [2.45, 2.75) is 12.7 Å². The number of hydrogen-bond acceptors (Lipinski definition) is 3. The zero-order chi connectivity index (χ0) is 19.7. The van der Waals surface area contributed by atoms with E-state index in [9.17, 15) is 17.6 Å². The standard InChI is InChI=1S/C19H13F4N5/c20-15-5-3-14(4-6-15)17-9-18(19(21,22)23)26-28(17)16-7-1-13(2-8-16)10-27-12-24-11-25-27/h1-9,11-12H,10H2. The van der Waals surface area contributed by atoms with Gasteiger partial charge in [0, 0.05) is 5.56 Å². The first-order valence-corrected chi connectivity index (χ1v) is 8.25. The fourth-order valence-corrected chi connectivity index (χ4v) is 2.79. The van der Waals surface area contributed by atoms with Crippen molar-refractivity contribution in [2.75, 3.05) is 0 Å². The molecule has 0 aliphatic rings. The van der Waals surface area contributed by atoms with E-state index in [4.69, 9.17) is 0 Å². The number of alkyl halides is 3. The van der Waals surface area contributed by atoms with Crippen molar-refractivity contribution in [3.8, 4) is 16.9 Å². The molecule has 0 aliphatic heterocycles. The number of aromatic nitrogens is 5. The summed E-state index contributed by atoms with van der Waals surface area (Å²) in [7, 11) is 0. The Morgan fingerprint density at radius 2 is 1.64 bits per heavy atom. The molecule has 142 valence electrons. The van der Waals surface area contributed by atoms with Crippen LogP contribution in [0, 0.1) is 5.82 Å². The van der Waals surface area contributed by atoms with Gasteiger partial charge >= 0.3 is 6.18 Å². The van der Waals surface area contributed by atoms with E-state index in [-0.39, 0.29) is 5.69 Å². The molecule has 0 radical (unpaired) electrons. The minimum Gasteiger partial charge on any atom is -0.249 e. The lowest BCUT2D eigenvalue weighted by molar-refractivity contribution is -0.141. The molecule has 0 amide bonds. The van der Waals surface area contributed by atoms with Gasteiger partial charge in [-0.15, -0.1) is 0 Å². The van der Waals surface area contributed by atoms with E-state index in [2.05, 4.69) is 15.2 Å². The number of benzene rings is 2. The van der Waals surface area contributed by atoms with Crippen molar-refractivity contribution >= 4 is 0 Å². The Labute approximate surface area is 156 Å². The Morgan fingerprint density at radius 3 is 2.25 bits per heavy atom. The number of halogens is 4. The lowest BCUT2D eigenvalue weighted by atomic mass is 10.1. The van der Waals surface area contributed by atoms with Gasteiger partial charge in [0.2, 0.25) is 0 Å². The molecule has 0 saturated heterocycles. The molecule has 4 rings (SSSR count). The number of rotatable bonds is 4. The van der Waals surface area contributed by atoms with Crippen LogP contribution < -0.4 is 0 Å². The van der Waals surface area contributed by atoms with Gasteiger partial charge in [0.15, 0.2) is 5.69 Å². The van der Waals surface area contributed by atoms with Gasteiger partial charge in [0.25, 0.3) is 0 Å². The Bertz CT molecular complexity index is 1070. The molecule has 2 aromatic heterocycles. The summed E-state index contributed by atoms with van der Waals surface area (Å²) in [6.07, 6.45) is -1.59. The predicted molar refractivity (Wildman–Crippen MR) is 93.1 cm³/mol. The summed E-state index contributed by atoms with van der Waals surface area (Å²) < 4.78 is 55.6. The number of nitrogens with zero attached hydrogens (tertiary/aromatic N) is 5. The van der Waals surface area contributed by atoms with Crippen LogP contribution in [0.2, 0.25) is 0 Å². The summed E-state index contributed by atoms with van der Waals surface area (Å²) in [5.74, 6) is -0.469. The van der Waals surface area contributed by atoms with Crippen LogP contribution in [0.5, 0.6) is 0 Å². The maximum atomic E-state index is 13.2. The minimum absolute atomic E-state index is 0.219. The van der Waals surface area contributed by atoms with E-state index in [1.807, 2.05) is 0 Å². The van der Waals surface area contributed by atoms with E-state index in [1.165, 1.54) is 35.3 Å². The van der Waals surface area contributed by atoms with Crippen LogP contribution in [0.15, 0.2) is 67.3 Å². The third-order valence-electron chi connectivity index (χ3n) is 4.13. The molecule has 5 nitrogen and oxygen atoms in total. The fraction of sp³-hybridized carbons (Fsp3) is 0.105. The molecule has 0 unspecified atom stereocenters. The molecular weight excluding hydrogens is 374 g/mol. The van der Waals surface area contributed by atoms with Gasteiger partial charge in [-0.05, 0) is 48.0 Å². The monoisotopic (exact) mass is 387 g/mol. The summed E-state index contributed by atoms with van der Waals surface area (Å²) in [4.78, 5) is 3.87. The van der Waals surface area contributed by atoms with Crippen molar-refractivity contribution in [3.05, 3.63) is 84.3 Å². The predicted octanol–water partition coefficient (Wildman–Crippen LogP) is 4.34. The van der Waals surface area contributed by atoms with E-state index in [1.54, 1.807) is 35.3 Å². The lowest BCUT2D eigenvalue weighted by Gasteiger charge is -2.09. The van der Waals surface area contributed by atoms with Gasteiger partial charge in [-0.25, -0.2) is 18.7 Å². The van der Waals surface area contributed by atoms with Crippen molar-refractivity contribution in [3.63, 3.8) is 0 Å². The first-order chi connectivity index (χ1) is 13.4. The quantitative estimate of drug-likeness (QED) is 0.490. The molecule has 0 atom stereocenters. The Hall–Kier alpha value is -3.49. The summed E-state index contributed by atoms with van der Waals surface area (Å²) in [6, 6.07) is 13.1. The zero-order valence-corrected chi connectivity index (χ0v) is 14.3. The van der Waals surface area contributed by atoms with Crippen LogP contribution in [-0.2, 0) is 12.7 Å². The molecule has 28 heavy (non-hydrogen) atoms. The molecule has 0 aliphatic carbocycles. The number of hydrogen-bond donors (Lipinski definition) is 0. The van der Waals surface area contributed by atoms with Crippen molar-refractivity contribution in [1.82, 2.24) is 24.5 Å². The van der Waals surface area contributed by atoms with Gasteiger partial charge < -0.3 is 0 Å². The highest BCUT2D eigenvalue weighted by atomic mass is 19.4. The summed E-state index contributed by atoms with van der Waals surface area (Å²) in [6.45, 7) is 0.484. The highest BCUT2D eigenvalue weighted by Crippen LogP contribution is 2.33. The van der Waals surface area contributed by atoms with Crippen LogP contribution in [-0.4, -0.2) is 24.5 Å². The normalized spacial score (nSPS) is 11.7. The summed E-state index contributed by atoms with van der Waals surface area (Å²) in [5, 5.41) is 7.74. The maximum Gasteiger partial charge on any atom is 0.435 e. The Kier molecular flexibility index (Phi) is 4.42. The molecule has 2 aromatic carbocycles. The molecule has 9 heteroatoms. The Balaban J connectivity index is 1.73. The second-order valence-corrected chi connectivity index (χ2v) is 6.09.